The fraction of sp³-hybridized carbons (Fsp3) is 0.412. The highest BCUT2D eigenvalue weighted by Gasteiger charge is 2.41. The predicted molar refractivity (Wildman–Crippen MR) is 84.6 cm³/mol. The zero-order chi connectivity index (χ0) is 16.0. The van der Waals surface area contributed by atoms with E-state index in [2.05, 4.69) is 9.30 Å². The number of hydrogen-bond donors (Lipinski definition) is 1. The van der Waals surface area contributed by atoms with Gasteiger partial charge in [0.1, 0.15) is 0 Å². The molecule has 2 aliphatic rings. The third-order valence-electron chi connectivity index (χ3n) is 5.15. The molecule has 0 radical (unpaired) electrons. The maximum absolute atomic E-state index is 11.4. The summed E-state index contributed by atoms with van der Waals surface area (Å²) < 4.78 is 2.07. The molecule has 0 aliphatic carbocycles. The standard InChI is InChI=1S/C17H19N3O3/c21-11-12-5-15-3-1-2-4-20(15)16(12)10-18-6-13-8-19(17(22)23)9-14(13)7-18/h1-5,11,13-14H,6-10H2,(H,22,23)/t13-,14+. The van der Waals surface area contributed by atoms with Crippen molar-refractivity contribution in [1.82, 2.24) is 14.2 Å². The second-order valence-electron chi connectivity index (χ2n) is 6.56. The molecule has 0 spiro atoms. The van der Waals surface area contributed by atoms with Crippen molar-refractivity contribution in [2.24, 2.45) is 11.8 Å². The van der Waals surface area contributed by atoms with Crippen LogP contribution in [0.4, 0.5) is 4.79 Å². The number of amides is 1. The fourth-order valence-corrected chi connectivity index (χ4v) is 4.06. The number of carbonyl (C=O) groups is 2. The Bertz CT molecular complexity index is 756. The van der Waals surface area contributed by atoms with Gasteiger partial charge in [-0.15, -0.1) is 0 Å². The number of nitrogens with zero attached hydrogens (tertiary/aromatic N) is 3. The second-order valence-corrected chi connectivity index (χ2v) is 6.56. The Labute approximate surface area is 133 Å². The van der Waals surface area contributed by atoms with Gasteiger partial charge in [-0.05, 0) is 30.0 Å². The predicted octanol–water partition coefficient (Wildman–Crippen LogP) is 1.79. The second kappa shape index (κ2) is 5.38. The van der Waals surface area contributed by atoms with Gasteiger partial charge in [-0.3, -0.25) is 9.69 Å². The molecule has 4 heterocycles. The van der Waals surface area contributed by atoms with Crippen LogP contribution in [0, 0.1) is 11.8 Å². The summed E-state index contributed by atoms with van der Waals surface area (Å²) in [5, 5.41) is 9.10. The maximum atomic E-state index is 11.4. The van der Waals surface area contributed by atoms with Crippen molar-refractivity contribution < 1.29 is 14.7 Å². The van der Waals surface area contributed by atoms with Gasteiger partial charge in [0.15, 0.2) is 6.29 Å². The van der Waals surface area contributed by atoms with Crippen LogP contribution in [0.15, 0.2) is 30.5 Å². The van der Waals surface area contributed by atoms with E-state index in [0.29, 0.717) is 24.9 Å². The van der Waals surface area contributed by atoms with Crippen LogP contribution in [0.1, 0.15) is 16.1 Å². The first-order valence-corrected chi connectivity index (χ1v) is 7.90. The van der Waals surface area contributed by atoms with Gasteiger partial charge < -0.3 is 14.4 Å². The van der Waals surface area contributed by atoms with Crippen LogP contribution in [-0.2, 0) is 6.54 Å². The van der Waals surface area contributed by atoms with E-state index in [4.69, 9.17) is 5.11 Å². The molecule has 0 unspecified atom stereocenters. The lowest BCUT2D eigenvalue weighted by molar-refractivity contribution is 0.112. The minimum absolute atomic E-state index is 0.414. The van der Waals surface area contributed by atoms with Gasteiger partial charge in [0.05, 0.1) is 0 Å². The molecule has 0 aromatic carbocycles. The van der Waals surface area contributed by atoms with Crippen LogP contribution >= 0.6 is 0 Å². The van der Waals surface area contributed by atoms with Crippen molar-refractivity contribution in [2.75, 3.05) is 26.2 Å². The molecule has 1 N–H and O–H groups in total. The number of aromatic nitrogens is 1. The number of carbonyl (C=O) groups excluding carboxylic acids is 1. The maximum Gasteiger partial charge on any atom is 0.407 e. The Morgan fingerprint density at radius 2 is 1.96 bits per heavy atom. The van der Waals surface area contributed by atoms with Crippen LogP contribution in [0.5, 0.6) is 0 Å². The lowest BCUT2D eigenvalue weighted by atomic mass is 10.0. The molecular weight excluding hydrogens is 294 g/mol. The van der Waals surface area contributed by atoms with Crippen molar-refractivity contribution in [3.8, 4) is 0 Å². The Balaban J connectivity index is 1.53. The van der Waals surface area contributed by atoms with Crippen molar-refractivity contribution in [2.45, 2.75) is 6.54 Å². The molecule has 2 fully saturated rings. The first-order valence-electron chi connectivity index (χ1n) is 7.90. The Kier molecular flexibility index (Phi) is 3.34. The largest absolute Gasteiger partial charge is 0.465 e. The summed E-state index contributed by atoms with van der Waals surface area (Å²) in [4.78, 5) is 26.3. The number of fused-ring (bicyclic) bond motifs is 2. The molecular formula is C17H19N3O3. The van der Waals surface area contributed by atoms with Gasteiger partial charge in [-0.25, -0.2) is 4.79 Å². The zero-order valence-electron chi connectivity index (χ0n) is 12.8. The quantitative estimate of drug-likeness (QED) is 0.878. The average Bonchev–Trinajstić information content (AvgIpc) is 3.19. The lowest BCUT2D eigenvalue weighted by Gasteiger charge is -2.20. The molecule has 2 aromatic rings. The number of likely N-dealkylation sites (tertiary alicyclic amines) is 2. The summed E-state index contributed by atoms with van der Waals surface area (Å²) in [6, 6.07) is 7.86. The molecule has 1 amide bonds. The molecule has 0 saturated carbocycles. The molecule has 2 saturated heterocycles. The SMILES string of the molecule is O=Cc1cc2ccccn2c1CN1C[C@@H]2CN(C(=O)O)C[C@@H]2C1. The van der Waals surface area contributed by atoms with Crippen molar-refractivity contribution in [1.29, 1.82) is 0 Å². The number of carboxylic acid groups (broad SMARTS) is 1. The van der Waals surface area contributed by atoms with Gasteiger partial charge in [0.25, 0.3) is 0 Å². The van der Waals surface area contributed by atoms with E-state index in [1.54, 1.807) is 0 Å². The first-order chi connectivity index (χ1) is 11.2. The number of aldehydes is 1. The lowest BCUT2D eigenvalue weighted by Crippen LogP contribution is -2.32. The summed E-state index contributed by atoms with van der Waals surface area (Å²) in [5.74, 6) is 0.828. The number of rotatable bonds is 3. The Hall–Kier alpha value is -2.34. The minimum atomic E-state index is -0.813. The van der Waals surface area contributed by atoms with Crippen LogP contribution in [0.2, 0.25) is 0 Å². The van der Waals surface area contributed by atoms with E-state index < -0.39 is 6.09 Å². The molecule has 2 atom stereocenters. The summed E-state index contributed by atoms with van der Waals surface area (Å²) in [7, 11) is 0. The van der Waals surface area contributed by atoms with Crippen molar-refractivity contribution in [3.63, 3.8) is 0 Å². The molecule has 23 heavy (non-hydrogen) atoms. The molecule has 4 rings (SSSR count). The van der Waals surface area contributed by atoms with Gasteiger partial charge >= 0.3 is 6.09 Å². The molecule has 6 heteroatoms. The zero-order valence-corrected chi connectivity index (χ0v) is 12.8. The van der Waals surface area contributed by atoms with E-state index in [-0.39, 0.29) is 0 Å². The average molecular weight is 313 g/mol. The van der Waals surface area contributed by atoms with Crippen molar-refractivity contribution in [3.05, 3.63) is 41.7 Å². The van der Waals surface area contributed by atoms with Gasteiger partial charge in [-0.2, -0.15) is 0 Å². The molecule has 0 bridgehead atoms. The summed E-state index contributed by atoms with van der Waals surface area (Å²) in [5.41, 5.74) is 2.78. The van der Waals surface area contributed by atoms with Crippen LogP contribution in [-0.4, -0.2) is 57.9 Å². The highest BCUT2D eigenvalue weighted by atomic mass is 16.4. The number of pyridine rings is 1. The van der Waals surface area contributed by atoms with Gasteiger partial charge in [0, 0.05) is 55.7 Å². The van der Waals surface area contributed by atoms with Crippen molar-refractivity contribution >= 4 is 17.9 Å². The van der Waals surface area contributed by atoms with E-state index in [0.717, 1.165) is 42.7 Å². The van der Waals surface area contributed by atoms with Gasteiger partial charge in [0.2, 0.25) is 0 Å². The molecule has 2 aromatic heterocycles. The first kappa shape index (κ1) is 14.3. The van der Waals surface area contributed by atoms with Gasteiger partial charge in [-0.1, -0.05) is 6.07 Å². The molecule has 120 valence electrons. The topological polar surface area (TPSA) is 65.3 Å². The van der Waals surface area contributed by atoms with E-state index >= 15 is 0 Å². The Morgan fingerprint density at radius 3 is 2.61 bits per heavy atom. The van der Waals surface area contributed by atoms with Crippen LogP contribution < -0.4 is 0 Å². The van der Waals surface area contributed by atoms with E-state index in [1.807, 2.05) is 30.5 Å². The molecule has 2 aliphatic heterocycles. The van der Waals surface area contributed by atoms with Crippen LogP contribution in [0.3, 0.4) is 0 Å². The third-order valence-corrected chi connectivity index (χ3v) is 5.15. The Morgan fingerprint density at radius 1 is 1.22 bits per heavy atom. The minimum Gasteiger partial charge on any atom is -0.465 e. The normalized spacial score (nSPS) is 24.3. The third kappa shape index (κ3) is 2.39. The summed E-state index contributed by atoms with van der Waals surface area (Å²) in [6.45, 7) is 3.78. The van der Waals surface area contributed by atoms with E-state index in [9.17, 15) is 9.59 Å². The fourth-order valence-electron chi connectivity index (χ4n) is 4.06. The van der Waals surface area contributed by atoms with E-state index in [1.165, 1.54) is 4.90 Å². The summed E-state index contributed by atoms with van der Waals surface area (Å²) in [6.07, 6.45) is 2.10. The monoisotopic (exact) mass is 313 g/mol. The molecule has 6 nitrogen and oxygen atoms in total. The highest BCUT2D eigenvalue weighted by molar-refractivity contribution is 5.80. The van der Waals surface area contributed by atoms with Crippen LogP contribution in [0.25, 0.3) is 5.52 Å². The number of hydrogen-bond acceptors (Lipinski definition) is 3. The summed E-state index contributed by atoms with van der Waals surface area (Å²) >= 11 is 0. The smallest absolute Gasteiger partial charge is 0.407 e. The highest BCUT2D eigenvalue weighted by Crippen LogP contribution is 2.32.